The van der Waals surface area contributed by atoms with E-state index in [1.165, 1.54) is 0 Å². The molecule has 0 aliphatic rings. The van der Waals surface area contributed by atoms with Crippen LogP contribution in [0, 0.1) is 0 Å². The van der Waals surface area contributed by atoms with Gasteiger partial charge in [0.1, 0.15) is 6.54 Å². The molecule has 4 heteroatoms. The van der Waals surface area contributed by atoms with Crippen LogP contribution in [0.2, 0.25) is 0 Å². The van der Waals surface area contributed by atoms with Gasteiger partial charge < -0.3 is 19.1 Å². The van der Waals surface area contributed by atoms with Crippen molar-refractivity contribution in [1.29, 1.82) is 0 Å². The van der Waals surface area contributed by atoms with Crippen LogP contribution in [0.3, 0.4) is 0 Å². The molecule has 0 aromatic rings. The predicted octanol–water partition coefficient (Wildman–Crippen LogP) is 0.0195. The first-order valence-corrected chi connectivity index (χ1v) is 5.64. The van der Waals surface area contributed by atoms with Crippen LogP contribution in [0.25, 0.3) is 0 Å². The molecule has 0 amide bonds. The summed E-state index contributed by atoms with van der Waals surface area (Å²) in [6.07, 6.45) is 0.848. The van der Waals surface area contributed by atoms with Crippen LogP contribution >= 0.6 is 0 Å². The third-order valence-electron chi connectivity index (χ3n) is 3.12. The molecule has 0 N–H and O–H groups in total. The van der Waals surface area contributed by atoms with Crippen LogP contribution < -0.4 is 5.11 Å². The molecule has 0 radical (unpaired) electrons. The molecular weight excluding hydrogens is 194 g/mol. The first-order chi connectivity index (χ1) is 7.10. The van der Waals surface area contributed by atoms with Crippen molar-refractivity contribution in [2.45, 2.75) is 26.7 Å². The highest BCUT2D eigenvalue weighted by atomic mass is 16.5. The second-order valence-electron chi connectivity index (χ2n) is 3.89. The number of carboxylic acids is 1. The summed E-state index contributed by atoms with van der Waals surface area (Å²) in [6.45, 7) is 8.89. The summed E-state index contributed by atoms with van der Waals surface area (Å²) in [5.41, 5.74) is 0. The van der Waals surface area contributed by atoms with Gasteiger partial charge in [-0.25, -0.2) is 0 Å². The number of hydrogen-bond donors (Lipinski definition) is 0. The number of carbonyl (C=O) groups excluding carboxylic acids is 1. The number of quaternary nitrogens is 1. The highest BCUT2D eigenvalue weighted by Gasteiger charge is 2.21. The topological polar surface area (TPSA) is 49.4 Å². The van der Waals surface area contributed by atoms with Crippen LogP contribution in [-0.2, 0) is 9.53 Å². The molecule has 4 nitrogen and oxygen atoms in total. The van der Waals surface area contributed by atoms with Gasteiger partial charge in [0.25, 0.3) is 0 Å². The standard InChI is InChI=1S/C11H23NO3/c1-4-12(5-2,9-10-15-3)8-6-7-11(13)14/h4-10H2,1-3H3. The Labute approximate surface area is 92.4 Å². The van der Waals surface area contributed by atoms with E-state index < -0.39 is 5.97 Å². The number of aliphatic carboxylic acids is 1. The zero-order valence-electron chi connectivity index (χ0n) is 10.1. The molecular formula is C11H23NO3. The maximum atomic E-state index is 10.3. The van der Waals surface area contributed by atoms with Crippen LogP contribution in [0.15, 0.2) is 0 Å². The van der Waals surface area contributed by atoms with Crippen molar-refractivity contribution in [3.05, 3.63) is 0 Å². The maximum absolute atomic E-state index is 10.3. The van der Waals surface area contributed by atoms with E-state index in [0.717, 1.165) is 37.3 Å². The molecule has 0 bridgehead atoms. The molecule has 90 valence electrons. The minimum Gasteiger partial charge on any atom is -0.550 e. The normalized spacial score (nSPS) is 11.7. The van der Waals surface area contributed by atoms with E-state index in [2.05, 4.69) is 13.8 Å². The first kappa shape index (κ1) is 14.4. The first-order valence-electron chi connectivity index (χ1n) is 5.64. The summed E-state index contributed by atoms with van der Waals surface area (Å²) in [5.74, 6) is -0.952. The maximum Gasteiger partial charge on any atom is 0.102 e. The van der Waals surface area contributed by atoms with Crippen LogP contribution in [0.1, 0.15) is 26.7 Å². The monoisotopic (exact) mass is 217 g/mol. The number of nitrogens with zero attached hydrogens (tertiary/aromatic N) is 1. The number of ether oxygens (including phenoxy) is 1. The quantitative estimate of drug-likeness (QED) is 0.512. The van der Waals surface area contributed by atoms with Crippen molar-refractivity contribution < 1.29 is 19.1 Å². The number of methoxy groups -OCH3 is 1. The predicted molar refractivity (Wildman–Crippen MR) is 57.2 cm³/mol. The SMILES string of the molecule is CC[N+](CC)(CCCC(=O)[O-])CCOC. The lowest BCUT2D eigenvalue weighted by atomic mass is 10.2. The minimum atomic E-state index is -0.952. The molecule has 15 heavy (non-hydrogen) atoms. The molecule has 0 aromatic heterocycles. The molecule has 0 aliphatic carbocycles. The Bertz CT molecular complexity index is 179. The summed E-state index contributed by atoms with van der Waals surface area (Å²) in [6, 6.07) is 0. The number of carboxylic acid groups (broad SMARTS) is 1. The van der Waals surface area contributed by atoms with Gasteiger partial charge in [-0.3, -0.25) is 0 Å². The molecule has 0 aliphatic heterocycles. The molecule has 0 saturated carbocycles. The van der Waals surface area contributed by atoms with E-state index in [9.17, 15) is 9.90 Å². The van der Waals surface area contributed by atoms with Crippen molar-refractivity contribution in [3.8, 4) is 0 Å². The molecule has 0 fully saturated rings. The van der Waals surface area contributed by atoms with Gasteiger partial charge in [0.05, 0.1) is 26.2 Å². The fraction of sp³-hybridized carbons (Fsp3) is 0.909. The summed E-state index contributed by atoms with van der Waals surface area (Å²) in [5, 5.41) is 10.3. The molecule has 0 aromatic carbocycles. The van der Waals surface area contributed by atoms with Gasteiger partial charge in [-0.1, -0.05) is 0 Å². The minimum absolute atomic E-state index is 0.160. The van der Waals surface area contributed by atoms with Crippen molar-refractivity contribution >= 4 is 5.97 Å². The van der Waals surface area contributed by atoms with Crippen LogP contribution in [0.4, 0.5) is 0 Å². The lowest BCUT2D eigenvalue weighted by molar-refractivity contribution is -0.925. The Balaban J connectivity index is 4.04. The van der Waals surface area contributed by atoms with Gasteiger partial charge in [-0.05, 0) is 20.3 Å². The van der Waals surface area contributed by atoms with E-state index in [-0.39, 0.29) is 6.42 Å². The second kappa shape index (κ2) is 7.65. The fourth-order valence-electron chi connectivity index (χ4n) is 1.81. The summed E-state index contributed by atoms with van der Waals surface area (Å²) in [7, 11) is 1.70. The lowest BCUT2D eigenvalue weighted by Gasteiger charge is -2.36. The Kier molecular flexibility index (Phi) is 7.34. The second-order valence-corrected chi connectivity index (χ2v) is 3.89. The summed E-state index contributed by atoms with van der Waals surface area (Å²) >= 11 is 0. The average molecular weight is 217 g/mol. The Morgan fingerprint density at radius 3 is 2.27 bits per heavy atom. The van der Waals surface area contributed by atoms with E-state index in [1.54, 1.807) is 7.11 Å². The zero-order valence-corrected chi connectivity index (χ0v) is 10.1. The van der Waals surface area contributed by atoms with Gasteiger partial charge in [-0.15, -0.1) is 0 Å². The van der Waals surface area contributed by atoms with Crippen LogP contribution in [-0.4, -0.2) is 50.3 Å². The van der Waals surface area contributed by atoms with Gasteiger partial charge in [0.15, 0.2) is 0 Å². The van der Waals surface area contributed by atoms with Gasteiger partial charge in [0, 0.05) is 19.5 Å². The number of hydrogen-bond acceptors (Lipinski definition) is 3. The third-order valence-corrected chi connectivity index (χ3v) is 3.12. The Hall–Kier alpha value is -0.610. The van der Waals surface area contributed by atoms with Gasteiger partial charge in [-0.2, -0.15) is 0 Å². The van der Waals surface area contributed by atoms with Crippen molar-refractivity contribution in [2.24, 2.45) is 0 Å². The lowest BCUT2D eigenvalue weighted by Crippen LogP contribution is -2.50. The van der Waals surface area contributed by atoms with Gasteiger partial charge in [0.2, 0.25) is 0 Å². The summed E-state index contributed by atoms with van der Waals surface area (Å²) < 4.78 is 6.02. The average Bonchev–Trinajstić information content (AvgIpc) is 2.23. The zero-order chi connectivity index (χ0) is 11.7. The van der Waals surface area contributed by atoms with Crippen molar-refractivity contribution in [1.82, 2.24) is 0 Å². The smallest absolute Gasteiger partial charge is 0.102 e. The molecule has 0 saturated heterocycles. The number of rotatable bonds is 9. The van der Waals surface area contributed by atoms with Crippen molar-refractivity contribution in [2.75, 3.05) is 39.9 Å². The van der Waals surface area contributed by atoms with Crippen LogP contribution in [0.5, 0.6) is 0 Å². The number of likely N-dealkylation sites (N-methyl/N-ethyl adjacent to an activating group) is 1. The largest absolute Gasteiger partial charge is 0.550 e. The Morgan fingerprint density at radius 2 is 1.87 bits per heavy atom. The van der Waals surface area contributed by atoms with Gasteiger partial charge >= 0.3 is 0 Å². The molecule has 0 unspecified atom stereocenters. The van der Waals surface area contributed by atoms with Crippen molar-refractivity contribution in [3.63, 3.8) is 0 Å². The third kappa shape index (κ3) is 5.74. The Morgan fingerprint density at radius 1 is 1.27 bits per heavy atom. The van der Waals surface area contributed by atoms with E-state index in [4.69, 9.17) is 4.74 Å². The molecule has 0 heterocycles. The highest BCUT2D eigenvalue weighted by molar-refractivity contribution is 5.64. The fourth-order valence-corrected chi connectivity index (χ4v) is 1.81. The molecule has 0 rings (SSSR count). The molecule has 0 atom stereocenters. The molecule has 0 spiro atoms. The highest BCUT2D eigenvalue weighted by Crippen LogP contribution is 2.08. The summed E-state index contributed by atoms with van der Waals surface area (Å²) in [4.78, 5) is 10.3. The van der Waals surface area contributed by atoms with E-state index in [0.29, 0.717) is 6.42 Å². The van der Waals surface area contributed by atoms with E-state index >= 15 is 0 Å². The number of carbonyl (C=O) groups is 1. The van der Waals surface area contributed by atoms with E-state index in [1.807, 2.05) is 0 Å².